The fraction of sp³-hybridized carbons (Fsp3) is 0.170. The molecule has 0 bridgehead atoms. The molecule has 5 aliphatic carbocycles. The lowest BCUT2D eigenvalue weighted by Gasteiger charge is -2.32. The minimum absolute atomic E-state index is 0.224. The van der Waals surface area contributed by atoms with Crippen molar-refractivity contribution in [3.63, 3.8) is 0 Å². The van der Waals surface area contributed by atoms with Crippen LogP contribution >= 0.6 is 0 Å². The molecule has 2 aromatic heterocycles. The van der Waals surface area contributed by atoms with Crippen molar-refractivity contribution in [2.24, 2.45) is 0 Å². The Hall–Kier alpha value is -10.9. The molecule has 470 valence electrons. The lowest BCUT2D eigenvalue weighted by Crippen LogP contribution is -2.24. The van der Waals surface area contributed by atoms with Crippen molar-refractivity contribution in [2.75, 3.05) is 4.90 Å². The van der Waals surface area contributed by atoms with E-state index in [4.69, 9.17) is 13.6 Å². The highest BCUT2D eigenvalue weighted by Gasteiger charge is 2.50. The summed E-state index contributed by atoms with van der Waals surface area (Å²) in [5.74, 6) is 0.948. The molecule has 0 amide bonds. The van der Waals surface area contributed by atoms with Gasteiger partial charge in [-0.15, -0.1) is 0 Å². The monoisotopic (exact) mass is 1260 g/mol. The van der Waals surface area contributed by atoms with E-state index in [0.29, 0.717) is 6.61 Å². The summed E-state index contributed by atoms with van der Waals surface area (Å²) in [6.07, 6.45) is 0. The summed E-state index contributed by atoms with van der Waals surface area (Å²) in [7, 11) is 0. The third kappa shape index (κ3) is 7.00. The van der Waals surface area contributed by atoms with Gasteiger partial charge in [0.15, 0.2) is 0 Å². The van der Waals surface area contributed by atoms with E-state index in [-0.39, 0.29) is 16.2 Å². The molecular weight excluding hydrogens is 1190 g/mol. The van der Waals surface area contributed by atoms with Crippen molar-refractivity contribution in [1.82, 2.24) is 0 Å². The maximum atomic E-state index is 7.14. The van der Waals surface area contributed by atoms with E-state index in [1.807, 2.05) is 0 Å². The van der Waals surface area contributed by atoms with Crippen LogP contribution in [0.25, 0.3) is 133 Å². The van der Waals surface area contributed by atoms with Crippen LogP contribution in [0.2, 0.25) is 0 Å². The summed E-state index contributed by atoms with van der Waals surface area (Å²) in [6.45, 7) is 24.9. The summed E-state index contributed by atoms with van der Waals surface area (Å²) in [5.41, 5.74) is 40.0. The zero-order valence-corrected chi connectivity index (χ0v) is 56.9. The van der Waals surface area contributed by atoms with Gasteiger partial charge in [-0.05, 0) is 206 Å². The van der Waals surface area contributed by atoms with Crippen LogP contribution in [-0.2, 0) is 33.7 Å². The molecule has 0 unspecified atom stereocenters. The Labute approximate surface area is 571 Å². The largest absolute Gasteiger partial charge is 0.488 e. The smallest absolute Gasteiger partial charge is 0.144 e. The summed E-state index contributed by atoms with van der Waals surface area (Å²) in [6, 6.07) is 89.2. The second-order valence-corrected chi connectivity index (χ2v) is 31.3. The normalized spacial score (nSPS) is 16.3. The average Bonchev–Trinajstić information content (AvgIpc) is 1.51. The summed E-state index contributed by atoms with van der Waals surface area (Å²) in [4.78, 5) is 2.58. The van der Waals surface area contributed by atoms with Crippen molar-refractivity contribution in [3.8, 4) is 94.8 Å². The first-order valence-corrected chi connectivity index (χ1v) is 35.0. The summed E-state index contributed by atoms with van der Waals surface area (Å²) >= 11 is 0. The lowest BCUT2D eigenvalue weighted by atomic mass is 9.72. The van der Waals surface area contributed by atoms with E-state index >= 15 is 0 Å². The lowest BCUT2D eigenvalue weighted by molar-refractivity contribution is 0.303. The zero-order valence-electron chi connectivity index (χ0n) is 56.9. The Morgan fingerprint density at radius 3 is 1.52 bits per heavy atom. The molecule has 3 heterocycles. The summed E-state index contributed by atoms with van der Waals surface area (Å²) < 4.78 is 20.8. The van der Waals surface area contributed by atoms with Gasteiger partial charge in [-0.3, -0.25) is 0 Å². The predicted molar refractivity (Wildman–Crippen MR) is 404 cm³/mol. The van der Waals surface area contributed by atoms with Gasteiger partial charge < -0.3 is 18.5 Å². The number of ether oxygens (including phenoxy) is 1. The van der Waals surface area contributed by atoms with Crippen molar-refractivity contribution < 1.29 is 13.6 Å². The van der Waals surface area contributed by atoms with Crippen molar-refractivity contribution in [3.05, 3.63) is 298 Å². The van der Waals surface area contributed by atoms with Gasteiger partial charge in [-0.25, -0.2) is 0 Å². The van der Waals surface area contributed by atoms with Crippen molar-refractivity contribution in [2.45, 2.75) is 103 Å². The van der Waals surface area contributed by atoms with Gasteiger partial charge in [0.2, 0.25) is 0 Å². The molecule has 0 saturated heterocycles. The molecule has 1 aliphatic heterocycles. The number of hydrogen-bond acceptors (Lipinski definition) is 4. The number of fused-ring (bicyclic) bond motifs is 29. The van der Waals surface area contributed by atoms with E-state index in [9.17, 15) is 0 Å². The highest BCUT2D eigenvalue weighted by Crippen LogP contribution is 2.66. The first-order chi connectivity index (χ1) is 47.4. The summed E-state index contributed by atoms with van der Waals surface area (Å²) in [5, 5.41) is 4.75. The second kappa shape index (κ2) is 18.8. The molecule has 0 fully saturated rings. The number of nitrogens with zero attached hydrogens (tertiary/aromatic N) is 1. The van der Waals surface area contributed by atoms with Crippen molar-refractivity contribution in [1.29, 1.82) is 0 Å². The fourth-order valence-corrected chi connectivity index (χ4v) is 19.7. The molecule has 15 aromatic rings. The molecule has 0 spiro atoms. The molecule has 4 nitrogen and oxygen atoms in total. The van der Waals surface area contributed by atoms with Gasteiger partial charge in [0.1, 0.15) is 34.7 Å². The number of anilines is 3. The van der Waals surface area contributed by atoms with Gasteiger partial charge in [-0.2, -0.15) is 0 Å². The van der Waals surface area contributed by atoms with Crippen LogP contribution < -0.4 is 9.64 Å². The Bertz CT molecular complexity index is 6150. The highest BCUT2D eigenvalue weighted by atomic mass is 16.5. The Balaban J connectivity index is 0.779. The van der Waals surface area contributed by atoms with Crippen molar-refractivity contribution >= 4 is 60.9 Å². The molecule has 6 aliphatic rings. The fourth-order valence-electron chi connectivity index (χ4n) is 19.7. The quantitative estimate of drug-likeness (QED) is 0.172. The van der Waals surface area contributed by atoms with E-state index in [0.717, 1.165) is 56.1 Å². The zero-order chi connectivity index (χ0) is 66.0. The number of benzene rings is 13. The van der Waals surface area contributed by atoms with Gasteiger partial charge in [0.25, 0.3) is 0 Å². The first kappa shape index (κ1) is 56.3. The van der Waals surface area contributed by atoms with Gasteiger partial charge >= 0.3 is 0 Å². The minimum Gasteiger partial charge on any atom is -0.488 e. The van der Waals surface area contributed by atoms with Crippen LogP contribution in [-0.4, -0.2) is 0 Å². The SMILES string of the molecule is CC1(C)c2cc(N(c3ccc4c(c3)C(C)(C)c3cc(-c5ccccc5-c5ccccc5)c5c(c3-4)-c3ccccc3CO5)c3ccc4c(c3)C(C)(C)c3c5c(c6oc7ccccc7c6c3-4)-c3ccccc3C5(C)C)ccc2-c2cc3c(cc21)-c1c(ccc2oc4ccccc4c12)C3(C)C. The maximum absolute atomic E-state index is 7.14. The second-order valence-electron chi connectivity index (χ2n) is 31.3. The van der Waals surface area contributed by atoms with Crippen LogP contribution in [0.15, 0.2) is 245 Å². The van der Waals surface area contributed by atoms with E-state index < -0.39 is 10.8 Å². The first-order valence-electron chi connectivity index (χ1n) is 35.0. The number of rotatable bonds is 5. The Morgan fingerprint density at radius 2 is 0.786 bits per heavy atom. The number of para-hydroxylation sites is 2. The van der Waals surface area contributed by atoms with Crippen LogP contribution in [0.1, 0.15) is 130 Å². The Kier molecular flexibility index (Phi) is 10.8. The molecule has 0 radical (unpaired) electrons. The maximum Gasteiger partial charge on any atom is 0.144 e. The average molecular weight is 1260 g/mol. The van der Waals surface area contributed by atoms with Crippen LogP contribution in [0.3, 0.4) is 0 Å². The molecular formula is C94H71NO3. The Morgan fingerprint density at radius 1 is 0.286 bits per heavy atom. The van der Waals surface area contributed by atoms with Gasteiger partial charge in [0, 0.05) is 82.4 Å². The molecule has 21 rings (SSSR count). The van der Waals surface area contributed by atoms with Crippen LogP contribution in [0, 0.1) is 0 Å². The van der Waals surface area contributed by atoms with Crippen LogP contribution in [0.5, 0.6) is 5.75 Å². The standard InChI is InChI=1S/C94H71NO3/c1-90(2)69-42-43-78-81(63-31-19-22-34-76(63)97-78)80(69)67-49-73-65(47-74(67)90)59-39-36-53(44-70(59)91(73,3)4)95(55-38-41-62-72(46-55)94(9,10)86-82(62)84-64-32-20-23-35-77(64)98-89(84)85-60-30-18-21-33-68(60)93(7,8)87(85)86)54-37-40-61-71(45-54)92(5,6)75-48-66(58-29-17-16-27-56(58)51-24-12-11-13-25-51)88-83(79(61)75)57-28-15-14-26-52(57)50-96-88/h11-49H,50H2,1-10H3. The molecule has 0 N–H and O–H groups in total. The molecule has 0 atom stereocenters. The topological polar surface area (TPSA) is 38.8 Å². The highest BCUT2D eigenvalue weighted by molar-refractivity contribution is 6.21. The minimum atomic E-state index is -0.419. The van der Waals surface area contributed by atoms with E-state index in [2.05, 4.69) is 311 Å². The molecule has 4 heteroatoms. The van der Waals surface area contributed by atoms with E-state index in [1.165, 1.54) is 161 Å². The molecule has 0 saturated carbocycles. The number of hydrogen-bond donors (Lipinski definition) is 0. The van der Waals surface area contributed by atoms with Gasteiger partial charge in [-0.1, -0.05) is 233 Å². The molecule has 98 heavy (non-hydrogen) atoms. The third-order valence-corrected chi connectivity index (χ3v) is 24.5. The molecule has 13 aromatic carbocycles. The van der Waals surface area contributed by atoms with E-state index in [1.54, 1.807) is 0 Å². The third-order valence-electron chi connectivity index (χ3n) is 24.5. The van der Waals surface area contributed by atoms with Crippen LogP contribution in [0.4, 0.5) is 17.1 Å². The number of furan rings is 2. The van der Waals surface area contributed by atoms with Gasteiger partial charge in [0.05, 0.1) is 0 Å². The predicted octanol–water partition coefficient (Wildman–Crippen LogP) is 25.4.